The van der Waals surface area contributed by atoms with Gasteiger partial charge in [0.1, 0.15) is 29.1 Å². The first-order valence-electron chi connectivity index (χ1n) is 10.7. The monoisotopic (exact) mass is 427 g/mol. The van der Waals surface area contributed by atoms with Gasteiger partial charge in [-0.1, -0.05) is 18.2 Å². The van der Waals surface area contributed by atoms with Crippen molar-refractivity contribution in [3.8, 4) is 11.9 Å². The molecular weight excluding hydrogens is 406 g/mol. The average molecular weight is 427 g/mol. The van der Waals surface area contributed by atoms with E-state index in [0.717, 1.165) is 37.2 Å². The fourth-order valence-electron chi connectivity index (χ4n) is 4.92. The summed E-state index contributed by atoms with van der Waals surface area (Å²) in [5.41, 5.74) is 0.725. The molecule has 1 spiro atoms. The highest BCUT2D eigenvalue weighted by Crippen LogP contribution is 2.47. The summed E-state index contributed by atoms with van der Waals surface area (Å²) in [6.07, 6.45) is 3.28. The molecule has 32 heavy (non-hydrogen) atoms. The summed E-state index contributed by atoms with van der Waals surface area (Å²) < 4.78 is 5.45. The van der Waals surface area contributed by atoms with Gasteiger partial charge in [0.05, 0.1) is 12.5 Å². The molecule has 0 bridgehead atoms. The molecular formula is C23H21N7O2. The second-order valence-electron chi connectivity index (χ2n) is 8.25. The number of piperidine rings is 1. The fraction of sp³-hybridized carbons (Fsp3) is 0.304. The van der Waals surface area contributed by atoms with Crippen LogP contribution in [0.5, 0.6) is 5.88 Å². The number of carbonyl (C=O) groups excluding carboxylic acids is 1. The van der Waals surface area contributed by atoms with Crippen molar-refractivity contribution in [3.63, 3.8) is 0 Å². The topological polar surface area (TPSA) is 115 Å². The minimum atomic E-state index is -1.25. The number of hydrogen-bond acceptors (Lipinski definition) is 8. The van der Waals surface area contributed by atoms with Crippen molar-refractivity contribution < 1.29 is 9.53 Å². The van der Waals surface area contributed by atoms with Crippen LogP contribution in [-0.4, -0.2) is 36.1 Å². The minimum Gasteiger partial charge on any atom is -0.481 e. The van der Waals surface area contributed by atoms with Gasteiger partial charge in [-0.05, 0) is 25.3 Å². The number of fused-ring (bicyclic) bond motifs is 2. The molecule has 1 saturated heterocycles. The van der Waals surface area contributed by atoms with Crippen LogP contribution in [0.3, 0.4) is 0 Å². The molecule has 5 heterocycles. The van der Waals surface area contributed by atoms with Crippen molar-refractivity contribution in [2.24, 2.45) is 0 Å². The number of hydrogen-bond donors (Lipinski definition) is 3. The lowest BCUT2D eigenvalue weighted by Crippen LogP contribution is -2.51. The zero-order valence-corrected chi connectivity index (χ0v) is 17.5. The number of methoxy groups -OCH3 is 1. The first-order valence-corrected chi connectivity index (χ1v) is 10.7. The van der Waals surface area contributed by atoms with Crippen LogP contribution in [0.2, 0.25) is 0 Å². The molecule has 9 heteroatoms. The first kappa shape index (κ1) is 18.7. The molecule has 3 aromatic rings. The maximum atomic E-state index is 13.2. The number of para-hydroxylation sites is 1. The van der Waals surface area contributed by atoms with Crippen molar-refractivity contribution in [3.05, 3.63) is 41.5 Å². The molecule has 1 unspecified atom stereocenters. The van der Waals surface area contributed by atoms with Gasteiger partial charge in [0, 0.05) is 35.8 Å². The summed E-state index contributed by atoms with van der Waals surface area (Å²) in [6.45, 7) is 1.68. The highest BCUT2D eigenvalue weighted by molar-refractivity contribution is 6.15. The van der Waals surface area contributed by atoms with E-state index in [0.29, 0.717) is 39.7 Å². The Labute approximate surface area is 184 Å². The van der Waals surface area contributed by atoms with Crippen molar-refractivity contribution in [1.82, 2.24) is 9.97 Å². The van der Waals surface area contributed by atoms with Gasteiger partial charge in [-0.3, -0.25) is 4.79 Å². The van der Waals surface area contributed by atoms with E-state index in [9.17, 15) is 10.1 Å². The molecule has 0 aliphatic carbocycles. The largest absolute Gasteiger partial charge is 0.481 e. The predicted molar refractivity (Wildman–Crippen MR) is 121 cm³/mol. The van der Waals surface area contributed by atoms with E-state index in [1.54, 1.807) is 6.07 Å². The third-order valence-corrected chi connectivity index (χ3v) is 6.45. The van der Waals surface area contributed by atoms with Crippen LogP contribution in [0.1, 0.15) is 30.4 Å². The molecule has 1 atom stereocenters. The molecule has 6 rings (SSSR count). The van der Waals surface area contributed by atoms with Gasteiger partial charge in [-0.15, -0.1) is 0 Å². The Balaban J connectivity index is 1.62. The first-order chi connectivity index (χ1) is 15.6. The number of anilines is 4. The van der Waals surface area contributed by atoms with E-state index in [2.05, 4.69) is 31.9 Å². The molecule has 1 amide bonds. The maximum absolute atomic E-state index is 13.2. The van der Waals surface area contributed by atoms with Crippen LogP contribution in [0.25, 0.3) is 10.8 Å². The zero-order valence-electron chi connectivity index (χ0n) is 17.5. The molecule has 3 aliphatic heterocycles. The number of ether oxygens (including phenoxy) is 1. The SMILES string of the molecule is COc1cc2c(C#N)c(N3CCCCC3)nc3c2c(n1)NC1(N3)C(=O)Nc2ccccc21. The van der Waals surface area contributed by atoms with Crippen LogP contribution in [0, 0.1) is 11.3 Å². The number of nitriles is 1. The van der Waals surface area contributed by atoms with Crippen LogP contribution < -0.4 is 25.6 Å². The number of benzene rings is 1. The number of amides is 1. The predicted octanol–water partition coefficient (Wildman–Crippen LogP) is 3.14. The number of aromatic nitrogens is 2. The van der Waals surface area contributed by atoms with Crippen molar-refractivity contribution >= 4 is 39.8 Å². The number of pyridine rings is 2. The van der Waals surface area contributed by atoms with Crippen LogP contribution in [-0.2, 0) is 10.5 Å². The number of rotatable bonds is 2. The second kappa shape index (κ2) is 6.72. The molecule has 3 N–H and O–H groups in total. The fourth-order valence-corrected chi connectivity index (χ4v) is 4.92. The van der Waals surface area contributed by atoms with Gasteiger partial charge in [0.15, 0.2) is 0 Å². The Hall–Kier alpha value is -4.06. The zero-order chi connectivity index (χ0) is 21.9. The molecule has 9 nitrogen and oxygen atoms in total. The molecule has 0 radical (unpaired) electrons. The highest BCUT2D eigenvalue weighted by Gasteiger charge is 2.50. The van der Waals surface area contributed by atoms with E-state index in [4.69, 9.17) is 9.72 Å². The number of nitrogens with one attached hydrogen (secondary N) is 3. The smallest absolute Gasteiger partial charge is 0.275 e. The van der Waals surface area contributed by atoms with Gasteiger partial charge >= 0.3 is 0 Å². The normalized spacial score (nSPS) is 20.9. The summed E-state index contributed by atoms with van der Waals surface area (Å²) >= 11 is 0. The standard InChI is InChI=1S/C23H21N7O2/c1-32-17-11-13-14(12-24)21(30-9-5-2-6-10-30)27-20-18(13)19(26-17)28-23(29-20)15-7-3-4-8-16(15)25-22(23)31/h3-4,7-8,11H,2,5-6,9-10H2,1H3,(H,25,31)(H,26,28)(H,27,29). The minimum absolute atomic E-state index is 0.243. The Kier molecular flexibility index (Phi) is 3.92. The van der Waals surface area contributed by atoms with E-state index in [1.165, 1.54) is 13.5 Å². The van der Waals surface area contributed by atoms with Crippen LogP contribution in [0.4, 0.5) is 23.1 Å². The van der Waals surface area contributed by atoms with Gasteiger partial charge in [0.25, 0.3) is 5.91 Å². The lowest BCUT2D eigenvalue weighted by molar-refractivity contribution is -0.119. The Morgan fingerprint density at radius 2 is 1.88 bits per heavy atom. The Bertz CT molecular complexity index is 1330. The summed E-state index contributed by atoms with van der Waals surface area (Å²) in [5, 5.41) is 21.0. The van der Waals surface area contributed by atoms with Gasteiger partial charge in [0.2, 0.25) is 11.5 Å². The summed E-state index contributed by atoms with van der Waals surface area (Å²) in [5.74, 6) is 1.73. The third kappa shape index (κ3) is 2.46. The van der Waals surface area contributed by atoms with E-state index in [-0.39, 0.29) is 5.91 Å². The lowest BCUT2D eigenvalue weighted by atomic mass is 9.96. The van der Waals surface area contributed by atoms with Crippen LogP contribution >= 0.6 is 0 Å². The van der Waals surface area contributed by atoms with Gasteiger partial charge in [-0.2, -0.15) is 10.2 Å². The second-order valence-corrected chi connectivity index (χ2v) is 8.25. The molecule has 0 saturated carbocycles. The van der Waals surface area contributed by atoms with Crippen molar-refractivity contribution in [2.45, 2.75) is 24.9 Å². The highest BCUT2D eigenvalue weighted by atomic mass is 16.5. The quantitative estimate of drug-likeness (QED) is 0.571. The molecule has 3 aliphatic rings. The average Bonchev–Trinajstić information content (AvgIpc) is 3.09. The number of carbonyl (C=O) groups is 1. The third-order valence-electron chi connectivity index (χ3n) is 6.45. The Morgan fingerprint density at radius 1 is 1.12 bits per heavy atom. The van der Waals surface area contributed by atoms with Gasteiger partial charge in [-0.25, -0.2) is 4.98 Å². The maximum Gasteiger partial charge on any atom is 0.275 e. The molecule has 1 fully saturated rings. The Morgan fingerprint density at radius 3 is 2.62 bits per heavy atom. The van der Waals surface area contributed by atoms with E-state index < -0.39 is 5.66 Å². The molecule has 1 aromatic carbocycles. The summed E-state index contributed by atoms with van der Waals surface area (Å²) in [4.78, 5) is 24.8. The van der Waals surface area contributed by atoms with Gasteiger partial charge < -0.3 is 25.6 Å². The lowest BCUT2D eigenvalue weighted by Gasteiger charge is -2.37. The number of nitrogens with zero attached hydrogens (tertiary/aromatic N) is 4. The van der Waals surface area contributed by atoms with Crippen molar-refractivity contribution in [2.75, 3.05) is 41.0 Å². The summed E-state index contributed by atoms with van der Waals surface area (Å²) in [6, 6.07) is 11.6. The molecule has 160 valence electrons. The van der Waals surface area contributed by atoms with E-state index >= 15 is 0 Å². The summed E-state index contributed by atoms with van der Waals surface area (Å²) in [7, 11) is 1.54. The molecule has 2 aromatic heterocycles. The van der Waals surface area contributed by atoms with E-state index in [1.807, 2.05) is 24.3 Å². The van der Waals surface area contributed by atoms with Crippen molar-refractivity contribution in [1.29, 1.82) is 5.26 Å². The van der Waals surface area contributed by atoms with Crippen LogP contribution in [0.15, 0.2) is 30.3 Å².